The van der Waals surface area contributed by atoms with Crippen LogP contribution in [-0.4, -0.2) is 34.2 Å². The van der Waals surface area contributed by atoms with Crippen LogP contribution in [0.15, 0.2) is 18.2 Å². The standard InChI is InChI=1S/C20H26ClN5O3/c1-12(2)11-25-19(21)18(13(3)23-25)16-6-5-9-24(16)15-8-7-14(20(27)22-4)10-17(15)26(28)29/h7-8,10,12,16H,5-6,9,11H2,1-4H3,(H,22,27). The summed E-state index contributed by atoms with van der Waals surface area (Å²) in [5.41, 5.74) is 2.45. The lowest BCUT2D eigenvalue weighted by Gasteiger charge is -2.27. The Morgan fingerprint density at radius 1 is 1.45 bits per heavy atom. The SMILES string of the molecule is CNC(=O)c1ccc(N2CCCC2c2c(C)nn(CC(C)C)c2Cl)c([N+](=O)[O-])c1. The zero-order valence-corrected chi connectivity index (χ0v) is 17.9. The Labute approximate surface area is 175 Å². The second kappa shape index (κ2) is 8.41. The molecule has 1 aliphatic rings. The largest absolute Gasteiger partial charge is 0.359 e. The summed E-state index contributed by atoms with van der Waals surface area (Å²) in [6.07, 6.45) is 1.73. The Morgan fingerprint density at radius 3 is 2.79 bits per heavy atom. The highest BCUT2D eigenvalue weighted by molar-refractivity contribution is 6.30. The fraction of sp³-hybridized carbons (Fsp3) is 0.500. The lowest BCUT2D eigenvalue weighted by Crippen LogP contribution is -2.24. The Bertz CT molecular complexity index is 940. The minimum Gasteiger partial charge on any atom is -0.359 e. The van der Waals surface area contributed by atoms with E-state index in [4.69, 9.17) is 11.6 Å². The van der Waals surface area contributed by atoms with Crippen LogP contribution < -0.4 is 10.2 Å². The van der Waals surface area contributed by atoms with Gasteiger partial charge in [0, 0.05) is 37.3 Å². The Balaban J connectivity index is 2.03. The number of hydrogen-bond acceptors (Lipinski definition) is 5. The first-order valence-corrected chi connectivity index (χ1v) is 10.1. The number of aromatic nitrogens is 2. The number of hydrogen-bond donors (Lipinski definition) is 1. The molecule has 156 valence electrons. The lowest BCUT2D eigenvalue weighted by atomic mass is 10.0. The topological polar surface area (TPSA) is 93.3 Å². The quantitative estimate of drug-likeness (QED) is 0.561. The fourth-order valence-electron chi connectivity index (χ4n) is 3.97. The molecule has 0 spiro atoms. The minimum absolute atomic E-state index is 0.0821. The van der Waals surface area contributed by atoms with E-state index in [2.05, 4.69) is 24.3 Å². The van der Waals surface area contributed by atoms with E-state index in [1.165, 1.54) is 13.1 Å². The summed E-state index contributed by atoms with van der Waals surface area (Å²) < 4.78 is 1.82. The van der Waals surface area contributed by atoms with E-state index in [-0.39, 0.29) is 23.2 Å². The van der Waals surface area contributed by atoms with Crippen LogP contribution in [0.25, 0.3) is 0 Å². The van der Waals surface area contributed by atoms with Gasteiger partial charge in [-0.05, 0) is 37.8 Å². The van der Waals surface area contributed by atoms with Crippen LogP contribution in [-0.2, 0) is 6.54 Å². The van der Waals surface area contributed by atoms with Gasteiger partial charge in [0.05, 0.1) is 16.7 Å². The second-order valence-electron chi connectivity index (χ2n) is 7.76. The number of nitro benzene ring substituents is 1. The van der Waals surface area contributed by atoms with Gasteiger partial charge in [0.25, 0.3) is 11.6 Å². The number of benzene rings is 1. The summed E-state index contributed by atoms with van der Waals surface area (Å²) >= 11 is 6.68. The van der Waals surface area contributed by atoms with Crippen molar-refractivity contribution in [2.45, 2.75) is 46.2 Å². The molecule has 1 unspecified atom stereocenters. The molecule has 1 fully saturated rings. The number of nitrogens with one attached hydrogen (secondary N) is 1. The maximum Gasteiger partial charge on any atom is 0.293 e. The van der Waals surface area contributed by atoms with Gasteiger partial charge in [0.1, 0.15) is 10.8 Å². The summed E-state index contributed by atoms with van der Waals surface area (Å²) in [6.45, 7) is 7.53. The average Bonchev–Trinajstić information content (AvgIpc) is 3.24. The van der Waals surface area contributed by atoms with E-state index in [9.17, 15) is 14.9 Å². The molecule has 9 heteroatoms. The zero-order chi connectivity index (χ0) is 21.3. The maximum absolute atomic E-state index is 11.9. The van der Waals surface area contributed by atoms with Crippen molar-refractivity contribution in [3.63, 3.8) is 0 Å². The predicted octanol–water partition coefficient (Wildman–Crippen LogP) is 4.11. The van der Waals surface area contributed by atoms with Gasteiger partial charge in [-0.15, -0.1) is 0 Å². The molecule has 1 aromatic heterocycles. The van der Waals surface area contributed by atoms with E-state index in [1.807, 2.05) is 16.5 Å². The smallest absolute Gasteiger partial charge is 0.293 e. The minimum atomic E-state index is -0.437. The number of nitro groups is 1. The molecule has 2 aromatic rings. The Kier molecular flexibility index (Phi) is 6.12. The van der Waals surface area contributed by atoms with Crippen molar-refractivity contribution < 1.29 is 9.72 Å². The fourth-order valence-corrected chi connectivity index (χ4v) is 4.34. The van der Waals surface area contributed by atoms with Gasteiger partial charge in [0.15, 0.2) is 0 Å². The number of nitrogens with zero attached hydrogens (tertiary/aromatic N) is 4. The van der Waals surface area contributed by atoms with Gasteiger partial charge >= 0.3 is 0 Å². The molecule has 1 saturated heterocycles. The summed E-state index contributed by atoms with van der Waals surface area (Å²) in [5.74, 6) is 0.0455. The van der Waals surface area contributed by atoms with Gasteiger partial charge in [-0.25, -0.2) is 0 Å². The first-order chi connectivity index (χ1) is 13.7. The van der Waals surface area contributed by atoms with Crippen molar-refractivity contribution in [3.8, 4) is 0 Å². The van der Waals surface area contributed by atoms with E-state index < -0.39 is 4.92 Å². The normalized spacial score (nSPS) is 16.5. The number of carbonyl (C=O) groups excluding carboxylic acids is 1. The summed E-state index contributed by atoms with van der Waals surface area (Å²) in [5, 5.41) is 19.4. The molecule has 29 heavy (non-hydrogen) atoms. The van der Waals surface area contributed by atoms with Crippen molar-refractivity contribution in [1.29, 1.82) is 0 Å². The van der Waals surface area contributed by atoms with Crippen LogP contribution in [0.4, 0.5) is 11.4 Å². The third kappa shape index (κ3) is 4.07. The van der Waals surface area contributed by atoms with Gasteiger partial charge in [-0.2, -0.15) is 5.10 Å². The monoisotopic (exact) mass is 419 g/mol. The third-order valence-corrected chi connectivity index (χ3v) is 5.60. The number of halogens is 1. The molecular formula is C20H26ClN5O3. The Hall–Kier alpha value is -2.61. The molecule has 1 N–H and O–H groups in total. The summed E-state index contributed by atoms with van der Waals surface area (Å²) in [7, 11) is 1.50. The second-order valence-corrected chi connectivity index (χ2v) is 8.12. The third-order valence-electron chi connectivity index (χ3n) is 5.20. The molecule has 0 aliphatic carbocycles. The van der Waals surface area contributed by atoms with Crippen LogP contribution in [0.3, 0.4) is 0 Å². The average molecular weight is 420 g/mol. The van der Waals surface area contributed by atoms with Crippen molar-refractivity contribution in [3.05, 3.63) is 50.3 Å². The van der Waals surface area contributed by atoms with E-state index in [0.29, 0.717) is 29.8 Å². The first kappa shape index (κ1) is 21.1. The van der Waals surface area contributed by atoms with E-state index in [1.54, 1.807) is 12.1 Å². The van der Waals surface area contributed by atoms with Crippen LogP contribution in [0.5, 0.6) is 0 Å². The number of rotatable bonds is 6. The zero-order valence-electron chi connectivity index (χ0n) is 17.1. The first-order valence-electron chi connectivity index (χ1n) is 9.74. The number of carbonyl (C=O) groups is 1. The summed E-state index contributed by atoms with van der Waals surface area (Å²) in [4.78, 5) is 25.2. The van der Waals surface area contributed by atoms with E-state index >= 15 is 0 Å². The van der Waals surface area contributed by atoms with Crippen molar-refractivity contribution in [2.24, 2.45) is 5.92 Å². The molecule has 8 nitrogen and oxygen atoms in total. The number of aryl methyl sites for hydroxylation is 1. The highest BCUT2D eigenvalue weighted by Crippen LogP contribution is 2.43. The van der Waals surface area contributed by atoms with Crippen LogP contribution in [0.1, 0.15) is 54.3 Å². The molecule has 3 rings (SSSR count). The molecule has 1 amide bonds. The summed E-state index contributed by atoms with van der Waals surface area (Å²) in [6, 6.07) is 4.52. The molecule has 0 radical (unpaired) electrons. The molecular weight excluding hydrogens is 394 g/mol. The van der Waals surface area contributed by atoms with Gasteiger partial charge in [-0.1, -0.05) is 25.4 Å². The van der Waals surface area contributed by atoms with Crippen molar-refractivity contribution >= 4 is 28.9 Å². The molecule has 2 heterocycles. The van der Waals surface area contributed by atoms with Gasteiger partial charge in [0.2, 0.25) is 0 Å². The van der Waals surface area contributed by atoms with Crippen molar-refractivity contribution in [2.75, 3.05) is 18.5 Å². The van der Waals surface area contributed by atoms with Crippen molar-refractivity contribution in [1.82, 2.24) is 15.1 Å². The van der Waals surface area contributed by atoms with Gasteiger partial charge in [-0.3, -0.25) is 19.6 Å². The predicted molar refractivity (Wildman–Crippen MR) is 113 cm³/mol. The lowest BCUT2D eigenvalue weighted by molar-refractivity contribution is -0.384. The molecule has 1 atom stereocenters. The van der Waals surface area contributed by atoms with E-state index in [0.717, 1.165) is 24.1 Å². The molecule has 1 aliphatic heterocycles. The van der Waals surface area contributed by atoms with Crippen LogP contribution in [0.2, 0.25) is 5.15 Å². The number of amides is 1. The maximum atomic E-state index is 11.9. The highest BCUT2D eigenvalue weighted by atomic mass is 35.5. The molecule has 0 bridgehead atoms. The van der Waals surface area contributed by atoms with Crippen LogP contribution in [0, 0.1) is 23.0 Å². The van der Waals surface area contributed by atoms with Crippen LogP contribution >= 0.6 is 11.6 Å². The highest BCUT2D eigenvalue weighted by Gasteiger charge is 2.35. The molecule has 1 aromatic carbocycles. The number of anilines is 1. The van der Waals surface area contributed by atoms with Gasteiger partial charge < -0.3 is 10.2 Å². The Morgan fingerprint density at radius 2 is 2.17 bits per heavy atom. The molecule has 0 saturated carbocycles.